The second-order valence-electron chi connectivity index (χ2n) is 7.15. The van der Waals surface area contributed by atoms with Gasteiger partial charge in [-0.1, -0.05) is 0 Å². The number of hydrogen-bond acceptors (Lipinski definition) is 9. The van der Waals surface area contributed by atoms with Crippen molar-refractivity contribution in [1.29, 1.82) is 0 Å². The number of benzene rings is 1. The molecular weight excluding hydrogens is 462 g/mol. The molecule has 0 saturated heterocycles. The van der Waals surface area contributed by atoms with E-state index in [9.17, 15) is 19.2 Å². The molecule has 33 heavy (non-hydrogen) atoms. The molecule has 0 spiro atoms. The molecule has 0 saturated carbocycles. The van der Waals surface area contributed by atoms with Crippen LogP contribution in [-0.2, 0) is 9.59 Å². The number of nitrogens with zero attached hydrogens (tertiary/aromatic N) is 1. The number of aliphatic carboxylic acids is 2. The van der Waals surface area contributed by atoms with Crippen LogP contribution in [0.5, 0.6) is 0 Å². The van der Waals surface area contributed by atoms with Crippen molar-refractivity contribution in [3.8, 4) is 0 Å². The van der Waals surface area contributed by atoms with Crippen molar-refractivity contribution in [2.24, 2.45) is 0 Å². The fourth-order valence-corrected chi connectivity index (χ4v) is 3.10. The third-order valence-electron chi connectivity index (χ3n) is 4.75. The molecule has 1 aliphatic rings. The quantitative estimate of drug-likeness (QED) is 0.212. The Kier molecular flexibility index (Phi) is 9.32. The van der Waals surface area contributed by atoms with Crippen LogP contribution in [0.15, 0.2) is 29.1 Å². The van der Waals surface area contributed by atoms with Gasteiger partial charge in [-0.2, -0.15) is 4.98 Å². The first-order chi connectivity index (χ1) is 15.2. The molecule has 14 heteroatoms. The van der Waals surface area contributed by atoms with Gasteiger partial charge < -0.3 is 40.1 Å². The van der Waals surface area contributed by atoms with Gasteiger partial charge in [0.15, 0.2) is 5.82 Å². The molecule has 0 radical (unpaired) electrons. The molecule has 174 valence electrons. The second kappa shape index (κ2) is 11.7. The number of fused-ring (bicyclic) bond motifs is 1. The molecule has 0 aliphatic carbocycles. The molecule has 2 atom stereocenters. The van der Waals surface area contributed by atoms with Crippen LogP contribution in [0.2, 0.25) is 0 Å². The van der Waals surface area contributed by atoms with Crippen LogP contribution in [-0.4, -0.2) is 101 Å². The summed E-state index contributed by atoms with van der Waals surface area (Å²) < 4.78 is 0. The Labute approximate surface area is 220 Å². The van der Waals surface area contributed by atoms with E-state index in [1.165, 1.54) is 12.1 Å². The summed E-state index contributed by atoms with van der Waals surface area (Å²) in [6.45, 7) is 0.960. The topological polar surface area (TPSA) is 212 Å². The fraction of sp³-hybridized carbons (Fsp3) is 0.316. The van der Waals surface area contributed by atoms with Crippen molar-refractivity contribution >= 4 is 78.7 Å². The third-order valence-corrected chi connectivity index (χ3v) is 4.75. The van der Waals surface area contributed by atoms with E-state index in [1.54, 1.807) is 12.1 Å². The maximum atomic E-state index is 12.3. The average molecular weight is 488 g/mol. The number of carbonyl (C=O) groups is 3. The zero-order valence-corrected chi connectivity index (χ0v) is 19.8. The summed E-state index contributed by atoms with van der Waals surface area (Å²) in [5.74, 6) is -2.64. The van der Waals surface area contributed by atoms with Crippen LogP contribution < -0.4 is 32.6 Å². The SMILES string of the molecule is Nc1nc2c(c(=O)[nH]1)NC(CNc1ccc(C(=O)N[C@@H](CCC(=O)O)C(=O)O)cc1)CN2.[Ca+2].[H-].[H-]. The van der Waals surface area contributed by atoms with Gasteiger partial charge in [-0.3, -0.25) is 19.4 Å². The van der Waals surface area contributed by atoms with Gasteiger partial charge in [-0.25, -0.2) is 4.79 Å². The number of nitrogens with one attached hydrogen (secondary N) is 5. The van der Waals surface area contributed by atoms with E-state index in [1.807, 2.05) is 0 Å². The molecule has 1 aliphatic heterocycles. The summed E-state index contributed by atoms with van der Waals surface area (Å²) in [6, 6.07) is 4.93. The van der Waals surface area contributed by atoms with Crippen molar-refractivity contribution in [2.75, 3.05) is 34.8 Å². The number of nitrogen functional groups attached to an aromatic ring is 1. The molecule has 3 rings (SSSR count). The van der Waals surface area contributed by atoms with Gasteiger partial charge in [0.25, 0.3) is 11.5 Å². The summed E-state index contributed by atoms with van der Waals surface area (Å²) in [6.07, 6.45) is -0.587. The van der Waals surface area contributed by atoms with E-state index < -0.39 is 23.9 Å². The Morgan fingerprint density at radius 2 is 1.94 bits per heavy atom. The first-order valence-corrected chi connectivity index (χ1v) is 9.72. The number of rotatable bonds is 9. The van der Waals surface area contributed by atoms with Gasteiger partial charge in [0.1, 0.15) is 11.7 Å². The van der Waals surface area contributed by atoms with Crippen molar-refractivity contribution in [2.45, 2.75) is 24.9 Å². The Morgan fingerprint density at radius 3 is 2.58 bits per heavy atom. The maximum Gasteiger partial charge on any atom is 2.00 e. The number of H-pyrrole nitrogens is 1. The smallest absolute Gasteiger partial charge is 1.00 e. The van der Waals surface area contributed by atoms with Crippen LogP contribution >= 0.6 is 0 Å². The molecule has 1 amide bonds. The first-order valence-electron chi connectivity index (χ1n) is 9.72. The fourth-order valence-electron chi connectivity index (χ4n) is 3.10. The van der Waals surface area contributed by atoms with Gasteiger partial charge in [-0.05, 0) is 30.7 Å². The molecule has 2 aromatic rings. The van der Waals surface area contributed by atoms with Gasteiger partial charge in [0.05, 0.1) is 6.04 Å². The average Bonchev–Trinajstić information content (AvgIpc) is 2.75. The molecular formula is C19H25CaN7O6. The number of aromatic nitrogens is 2. The molecule has 2 heterocycles. The first kappa shape index (κ1) is 26.2. The Bertz CT molecular complexity index is 1090. The van der Waals surface area contributed by atoms with E-state index in [0.717, 1.165) is 0 Å². The number of carboxylic acid groups (broad SMARTS) is 2. The van der Waals surface area contributed by atoms with E-state index >= 15 is 0 Å². The predicted octanol–water partition coefficient (Wildman–Crippen LogP) is -0.438. The summed E-state index contributed by atoms with van der Waals surface area (Å²) in [5.41, 5.74) is 6.40. The van der Waals surface area contributed by atoms with Crippen molar-refractivity contribution in [3.63, 3.8) is 0 Å². The molecule has 1 aromatic heterocycles. The van der Waals surface area contributed by atoms with Crippen LogP contribution in [0.4, 0.5) is 23.1 Å². The predicted molar refractivity (Wildman–Crippen MR) is 124 cm³/mol. The Morgan fingerprint density at radius 1 is 1.24 bits per heavy atom. The van der Waals surface area contributed by atoms with Crippen LogP contribution in [0.1, 0.15) is 26.1 Å². The molecule has 13 nitrogen and oxygen atoms in total. The van der Waals surface area contributed by atoms with Gasteiger partial charge in [0.2, 0.25) is 5.95 Å². The van der Waals surface area contributed by atoms with Crippen LogP contribution in [0.25, 0.3) is 0 Å². The van der Waals surface area contributed by atoms with Crippen molar-refractivity contribution < 1.29 is 27.4 Å². The Balaban J connectivity index is 0.00000385. The molecule has 1 unspecified atom stereocenters. The molecule has 9 N–H and O–H groups in total. The van der Waals surface area contributed by atoms with E-state index in [2.05, 4.69) is 31.2 Å². The number of carbonyl (C=O) groups excluding carboxylic acids is 1. The minimum absolute atomic E-state index is 0. The van der Waals surface area contributed by atoms with Gasteiger partial charge >= 0.3 is 49.7 Å². The van der Waals surface area contributed by atoms with Gasteiger partial charge in [0, 0.05) is 30.8 Å². The van der Waals surface area contributed by atoms with Crippen LogP contribution in [0, 0.1) is 0 Å². The molecule has 0 fully saturated rings. The maximum absolute atomic E-state index is 12.3. The number of anilines is 4. The number of hydrogen-bond donors (Lipinski definition) is 8. The summed E-state index contributed by atoms with van der Waals surface area (Å²) in [7, 11) is 0. The summed E-state index contributed by atoms with van der Waals surface area (Å²) >= 11 is 0. The molecule has 1 aromatic carbocycles. The normalized spacial score (nSPS) is 15.0. The Hall–Kier alpha value is -3.03. The second-order valence-corrected chi connectivity index (χ2v) is 7.15. The van der Waals surface area contributed by atoms with E-state index in [0.29, 0.717) is 30.3 Å². The van der Waals surface area contributed by atoms with Crippen LogP contribution in [0.3, 0.4) is 0 Å². The van der Waals surface area contributed by atoms with Crippen molar-refractivity contribution in [3.05, 3.63) is 40.2 Å². The zero-order valence-electron chi connectivity index (χ0n) is 19.6. The minimum Gasteiger partial charge on any atom is -1.00 e. The van der Waals surface area contributed by atoms with E-state index in [4.69, 9.17) is 15.9 Å². The largest absolute Gasteiger partial charge is 2.00 e. The zero-order chi connectivity index (χ0) is 23.3. The third kappa shape index (κ3) is 7.23. The summed E-state index contributed by atoms with van der Waals surface area (Å²) in [5, 5.41) is 29.5. The van der Waals surface area contributed by atoms with Gasteiger partial charge in [-0.15, -0.1) is 0 Å². The minimum atomic E-state index is -1.30. The number of nitrogens with two attached hydrogens (primary N) is 1. The molecule has 0 bridgehead atoms. The number of aromatic amines is 1. The number of amides is 1. The van der Waals surface area contributed by atoms with Crippen molar-refractivity contribution in [1.82, 2.24) is 15.3 Å². The van der Waals surface area contributed by atoms with E-state index in [-0.39, 0.29) is 76.5 Å². The monoisotopic (exact) mass is 487 g/mol. The number of carboxylic acids is 2. The summed E-state index contributed by atoms with van der Waals surface area (Å²) in [4.78, 5) is 52.6. The standard InChI is InChI=1S/C19H23N7O6.Ca.2H/c20-19-25-15-14(17(30)26-19)23-11(8-22-15)7-21-10-3-1-9(2-4-10)16(29)24-12(18(31)32)5-6-13(27)28;;;/h1-4,11-12,21,23H,5-8H2,(H,24,29)(H,27,28)(H,31,32)(H4,20,22,25,26,30);;;/q;+2;2*-1/t11?,12-;;;/m0.../s1.